The van der Waals surface area contributed by atoms with Gasteiger partial charge >= 0.3 is 18.2 Å². The zero-order chi connectivity index (χ0) is 26.5. The van der Waals surface area contributed by atoms with Crippen molar-refractivity contribution in [2.75, 3.05) is 35.3 Å². The molecule has 3 N–H and O–H groups in total. The summed E-state index contributed by atoms with van der Waals surface area (Å²) in [6.07, 6.45) is -4.62. The molecule has 0 bridgehead atoms. The van der Waals surface area contributed by atoms with E-state index in [1.807, 2.05) is 11.8 Å². The minimum Gasteiger partial charge on any atom is -0.481 e. The minimum atomic E-state index is -4.82. The van der Waals surface area contributed by atoms with Gasteiger partial charge in [-0.3, -0.25) is 4.79 Å². The van der Waals surface area contributed by atoms with Crippen molar-refractivity contribution < 1.29 is 37.0 Å². The van der Waals surface area contributed by atoms with Gasteiger partial charge in [0.1, 0.15) is 5.82 Å². The van der Waals surface area contributed by atoms with E-state index in [4.69, 9.17) is 21.4 Å². The highest BCUT2D eigenvalue weighted by Gasteiger charge is 2.42. The Labute approximate surface area is 210 Å². The van der Waals surface area contributed by atoms with Gasteiger partial charge in [-0.05, 0) is 55.7 Å². The maximum Gasteiger partial charge on any atom is 0.396 e. The summed E-state index contributed by atoms with van der Waals surface area (Å²) in [4.78, 5) is 25.8. The van der Waals surface area contributed by atoms with Crippen LogP contribution in [0.2, 0.25) is 5.02 Å². The maximum absolute atomic E-state index is 14.1. The molecule has 0 spiro atoms. The fourth-order valence-electron chi connectivity index (χ4n) is 4.21. The van der Waals surface area contributed by atoms with Crippen LogP contribution in [0.4, 0.5) is 39.4 Å². The molecule has 3 rings (SSSR count). The van der Waals surface area contributed by atoms with E-state index >= 15 is 0 Å². The zero-order valence-corrected chi connectivity index (χ0v) is 20.1. The summed E-state index contributed by atoms with van der Waals surface area (Å²) in [5.74, 6) is -4.67. The van der Waals surface area contributed by atoms with Crippen LogP contribution in [0.5, 0.6) is 0 Å². The van der Waals surface area contributed by atoms with Crippen molar-refractivity contribution in [3.05, 3.63) is 52.8 Å². The Bertz CT molecular complexity index is 1090. The van der Waals surface area contributed by atoms with Crippen LogP contribution < -0.4 is 15.5 Å². The summed E-state index contributed by atoms with van der Waals surface area (Å²) in [6.45, 7) is 3.41. The smallest absolute Gasteiger partial charge is 0.396 e. The second-order valence-corrected chi connectivity index (χ2v) is 8.74. The lowest BCUT2D eigenvalue weighted by Gasteiger charge is -2.36. The van der Waals surface area contributed by atoms with Gasteiger partial charge in [-0.1, -0.05) is 17.7 Å². The van der Waals surface area contributed by atoms with E-state index in [-0.39, 0.29) is 28.0 Å². The first-order valence-corrected chi connectivity index (χ1v) is 11.7. The molecule has 1 aliphatic heterocycles. The number of carbonyl (C=O) groups is 2. The van der Waals surface area contributed by atoms with E-state index in [1.54, 1.807) is 0 Å². The lowest BCUT2D eigenvalue weighted by molar-refractivity contribution is -0.163. The molecule has 12 heteroatoms. The Morgan fingerprint density at radius 2 is 1.81 bits per heavy atom. The van der Waals surface area contributed by atoms with Crippen LogP contribution in [-0.4, -0.2) is 49.1 Å². The van der Waals surface area contributed by atoms with Crippen LogP contribution in [0.25, 0.3) is 0 Å². The number of anilines is 3. The summed E-state index contributed by atoms with van der Waals surface area (Å²) in [6, 6.07) is 6.54. The lowest BCUT2D eigenvalue weighted by atomic mass is 9.93. The Hall–Kier alpha value is -3.05. The number of carbonyl (C=O) groups excluding carboxylic acids is 1. The standard InChI is InChI=1S/C24H26ClF4N3O4/c1-2-32(16-7-9-36-10-8-16)21-6-3-14(17(13-22(33)34)24(27,28)29)11-20(21)31-23(35)30-19-5-4-15(25)12-18(19)26/h3-6,11-12,16-17H,2,7-10,13H2,1H3,(H,33,34)(H2,30,31,35)/t17-/m0/s1. The number of amides is 2. The summed E-state index contributed by atoms with van der Waals surface area (Å²) in [7, 11) is 0. The predicted octanol–water partition coefficient (Wildman–Crippen LogP) is 6.25. The Kier molecular flexibility index (Phi) is 9.02. The number of hydrogen-bond acceptors (Lipinski definition) is 4. The van der Waals surface area contributed by atoms with Gasteiger partial charge in [-0.25, -0.2) is 9.18 Å². The monoisotopic (exact) mass is 531 g/mol. The van der Waals surface area contributed by atoms with Crippen molar-refractivity contribution in [1.82, 2.24) is 0 Å². The van der Waals surface area contributed by atoms with Gasteiger partial charge < -0.3 is 25.4 Å². The molecule has 36 heavy (non-hydrogen) atoms. The SMILES string of the molecule is CCN(c1ccc([C@H](CC(=O)O)C(F)(F)F)cc1NC(=O)Nc1ccc(Cl)cc1F)C1CCOCC1. The van der Waals surface area contributed by atoms with Gasteiger partial charge in [0.2, 0.25) is 0 Å². The van der Waals surface area contributed by atoms with Crippen molar-refractivity contribution >= 4 is 40.7 Å². The summed E-state index contributed by atoms with van der Waals surface area (Å²) < 4.78 is 60.7. The van der Waals surface area contributed by atoms with E-state index < -0.39 is 36.3 Å². The third-order valence-corrected chi connectivity index (χ3v) is 6.14. The molecule has 1 fully saturated rings. The summed E-state index contributed by atoms with van der Waals surface area (Å²) in [5, 5.41) is 14.0. The first-order valence-electron chi connectivity index (χ1n) is 11.3. The van der Waals surface area contributed by atoms with Crippen molar-refractivity contribution in [2.24, 2.45) is 0 Å². The van der Waals surface area contributed by atoms with Crippen LogP contribution in [0, 0.1) is 5.82 Å². The second-order valence-electron chi connectivity index (χ2n) is 8.30. The molecule has 0 saturated carbocycles. The normalized spacial score (nSPS) is 15.3. The number of alkyl halides is 3. The zero-order valence-electron chi connectivity index (χ0n) is 19.4. The first-order chi connectivity index (χ1) is 17.0. The van der Waals surface area contributed by atoms with Crippen molar-refractivity contribution in [3.63, 3.8) is 0 Å². The van der Waals surface area contributed by atoms with Crippen LogP contribution in [-0.2, 0) is 9.53 Å². The van der Waals surface area contributed by atoms with Crippen LogP contribution >= 0.6 is 11.6 Å². The highest BCUT2D eigenvalue weighted by molar-refractivity contribution is 6.30. The molecule has 0 aromatic heterocycles. The second kappa shape index (κ2) is 11.8. The van der Waals surface area contributed by atoms with Gasteiger partial charge in [0.05, 0.1) is 29.4 Å². The third kappa shape index (κ3) is 7.01. The van der Waals surface area contributed by atoms with Crippen LogP contribution in [0.15, 0.2) is 36.4 Å². The first kappa shape index (κ1) is 27.5. The molecule has 1 heterocycles. The van der Waals surface area contributed by atoms with Crippen LogP contribution in [0.1, 0.15) is 37.7 Å². The number of rotatable bonds is 8. The molecular weight excluding hydrogens is 506 g/mol. The number of urea groups is 1. The maximum atomic E-state index is 14.1. The minimum absolute atomic E-state index is 0.0179. The number of halogens is 5. The number of benzene rings is 2. The molecule has 7 nitrogen and oxygen atoms in total. The third-order valence-electron chi connectivity index (χ3n) is 5.91. The molecule has 0 unspecified atom stereocenters. The molecule has 2 aromatic rings. The Morgan fingerprint density at radius 3 is 2.39 bits per heavy atom. The molecule has 1 aliphatic rings. The fraction of sp³-hybridized carbons (Fsp3) is 0.417. The van der Waals surface area contributed by atoms with E-state index in [9.17, 15) is 27.2 Å². The van der Waals surface area contributed by atoms with Crippen molar-refractivity contribution in [2.45, 2.75) is 44.3 Å². The Balaban J connectivity index is 1.99. The quantitative estimate of drug-likeness (QED) is 0.350. The summed E-state index contributed by atoms with van der Waals surface area (Å²) in [5.41, 5.74) is -0.00133. The molecule has 0 radical (unpaired) electrons. The highest BCUT2D eigenvalue weighted by atomic mass is 35.5. The number of aliphatic carboxylic acids is 1. The van der Waals surface area contributed by atoms with Gasteiger partial charge in [0, 0.05) is 30.8 Å². The topological polar surface area (TPSA) is 90.9 Å². The summed E-state index contributed by atoms with van der Waals surface area (Å²) >= 11 is 5.73. The Morgan fingerprint density at radius 1 is 1.14 bits per heavy atom. The molecule has 1 saturated heterocycles. The lowest BCUT2D eigenvalue weighted by Crippen LogP contribution is -2.40. The molecule has 2 aromatic carbocycles. The number of hydrogen-bond donors (Lipinski definition) is 3. The molecule has 0 aliphatic carbocycles. The van der Waals surface area contributed by atoms with Gasteiger partial charge in [-0.2, -0.15) is 13.2 Å². The number of carboxylic acids is 1. The molecule has 2 amide bonds. The fourth-order valence-corrected chi connectivity index (χ4v) is 4.37. The number of nitrogens with one attached hydrogen (secondary N) is 2. The van der Waals surface area contributed by atoms with Gasteiger partial charge in [0.25, 0.3) is 0 Å². The van der Waals surface area contributed by atoms with E-state index in [1.165, 1.54) is 24.3 Å². The van der Waals surface area contributed by atoms with E-state index in [0.29, 0.717) is 38.3 Å². The highest BCUT2D eigenvalue weighted by Crippen LogP contribution is 2.41. The average Bonchev–Trinajstić information content (AvgIpc) is 2.80. The number of carboxylic acid groups (broad SMARTS) is 1. The van der Waals surface area contributed by atoms with Gasteiger partial charge in [-0.15, -0.1) is 0 Å². The van der Waals surface area contributed by atoms with Crippen LogP contribution in [0.3, 0.4) is 0 Å². The van der Waals surface area contributed by atoms with E-state index in [0.717, 1.165) is 12.1 Å². The number of ether oxygens (including phenoxy) is 1. The average molecular weight is 532 g/mol. The molecule has 196 valence electrons. The largest absolute Gasteiger partial charge is 0.481 e. The molecular formula is C24H26ClF4N3O4. The van der Waals surface area contributed by atoms with E-state index in [2.05, 4.69) is 10.6 Å². The van der Waals surface area contributed by atoms with Crippen molar-refractivity contribution in [3.8, 4) is 0 Å². The van der Waals surface area contributed by atoms with Crippen molar-refractivity contribution in [1.29, 1.82) is 0 Å². The molecule has 1 atom stereocenters. The predicted molar refractivity (Wildman–Crippen MR) is 128 cm³/mol. The number of nitrogens with zero attached hydrogens (tertiary/aromatic N) is 1. The van der Waals surface area contributed by atoms with Gasteiger partial charge in [0.15, 0.2) is 0 Å².